The molecule has 0 aliphatic rings. The summed E-state index contributed by atoms with van der Waals surface area (Å²) in [5, 5.41) is 12.5. The number of halogens is 3. The lowest BCUT2D eigenvalue weighted by Gasteiger charge is -2.10. The molecule has 0 amide bonds. The van der Waals surface area contributed by atoms with Crippen LogP contribution in [0.3, 0.4) is 0 Å². The average molecular weight is 276 g/mol. The van der Waals surface area contributed by atoms with E-state index in [-0.39, 0.29) is 23.0 Å². The fourth-order valence-electron chi connectivity index (χ4n) is 1.39. The number of hydrogen-bond donors (Lipinski definition) is 2. The first kappa shape index (κ1) is 12.9. The number of nitrogens with zero attached hydrogens (tertiary/aromatic N) is 3. The second-order valence-electron chi connectivity index (χ2n) is 3.50. The first-order valence-electron chi connectivity index (χ1n) is 4.86. The Balaban J connectivity index is 2.46. The van der Waals surface area contributed by atoms with E-state index in [0.29, 0.717) is 0 Å². The molecule has 0 saturated heterocycles. The quantitative estimate of drug-likeness (QED) is 0.865. The van der Waals surface area contributed by atoms with E-state index in [0.717, 1.165) is 16.6 Å². The minimum atomic E-state index is -4.52. The van der Waals surface area contributed by atoms with Crippen molar-refractivity contribution in [2.75, 3.05) is 12.3 Å². The molecule has 2 rings (SSSR count). The standard InChI is InChI=1S/C9H7F3N4O3/c10-9(11,12)3-19-5-2-1-4(7(17)18)16-6(5)14-8(13)15-16/h1-2H,3H2,(H2,13,15)(H,17,18). The summed E-state index contributed by atoms with van der Waals surface area (Å²) in [6.07, 6.45) is -4.52. The monoisotopic (exact) mass is 276 g/mol. The molecule has 3 N–H and O–H groups in total. The van der Waals surface area contributed by atoms with Crippen molar-refractivity contribution in [2.45, 2.75) is 6.18 Å². The lowest BCUT2D eigenvalue weighted by molar-refractivity contribution is -0.153. The molecule has 10 heteroatoms. The van der Waals surface area contributed by atoms with Gasteiger partial charge < -0.3 is 15.6 Å². The van der Waals surface area contributed by atoms with Crippen molar-refractivity contribution in [1.82, 2.24) is 14.6 Å². The van der Waals surface area contributed by atoms with Crippen LogP contribution in [0, 0.1) is 0 Å². The molecular weight excluding hydrogens is 269 g/mol. The maximum atomic E-state index is 12.1. The maximum absolute atomic E-state index is 12.1. The van der Waals surface area contributed by atoms with Gasteiger partial charge in [-0.1, -0.05) is 0 Å². The molecule has 0 atom stereocenters. The Morgan fingerprint density at radius 1 is 1.47 bits per heavy atom. The molecular formula is C9H7F3N4O3. The maximum Gasteiger partial charge on any atom is 0.422 e. The second kappa shape index (κ2) is 4.30. The van der Waals surface area contributed by atoms with Gasteiger partial charge in [0, 0.05) is 0 Å². The molecule has 2 aromatic heterocycles. The zero-order valence-corrected chi connectivity index (χ0v) is 9.18. The van der Waals surface area contributed by atoms with E-state index >= 15 is 0 Å². The van der Waals surface area contributed by atoms with Gasteiger partial charge >= 0.3 is 12.1 Å². The summed E-state index contributed by atoms with van der Waals surface area (Å²) in [6, 6.07) is 2.12. The summed E-state index contributed by atoms with van der Waals surface area (Å²) < 4.78 is 41.5. The van der Waals surface area contributed by atoms with Crippen LogP contribution in [0.25, 0.3) is 5.65 Å². The van der Waals surface area contributed by atoms with Gasteiger partial charge in [-0.25, -0.2) is 9.31 Å². The first-order valence-corrected chi connectivity index (χ1v) is 4.86. The minimum absolute atomic E-state index is 0.193. The van der Waals surface area contributed by atoms with Gasteiger partial charge in [0.2, 0.25) is 11.6 Å². The van der Waals surface area contributed by atoms with Gasteiger partial charge in [-0.05, 0) is 12.1 Å². The van der Waals surface area contributed by atoms with Crippen LogP contribution in [0.2, 0.25) is 0 Å². The average Bonchev–Trinajstić information content (AvgIpc) is 2.65. The molecule has 0 aliphatic heterocycles. The Hall–Kier alpha value is -2.52. The lowest BCUT2D eigenvalue weighted by Crippen LogP contribution is -2.19. The van der Waals surface area contributed by atoms with Crippen LogP contribution in [0.15, 0.2) is 12.1 Å². The zero-order valence-electron chi connectivity index (χ0n) is 9.18. The van der Waals surface area contributed by atoms with Gasteiger partial charge in [-0.2, -0.15) is 18.2 Å². The number of carboxylic acids is 1. The number of carboxylic acid groups (broad SMARTS) is 1. The normalized spacial score (nSPS) is 11.7. The number of nitrogen functional groups attached to an aromatic ring is 1. The van der Waals surface area contributed by atoms with Gasteiger partial charge in [-0.3, -0.25) is 0 Å². The summed E-state index contributed by atoms with van der Waals surface area (Å²) in [7, 11) is 0. The van der Waals surface area contributed by atoms with E-state index in [1.54, 1.807) is 0 Å². The Morgan fingerprint density at radius 3 is 2.74 bits per heavy atom. The van der Waals surface area contributed by atoms with Gasteiger partial charge in [0.05, 0.1) is 0 Å². The van der Waals surface area contributed by atoms with Gasteiger partial charge in [0.25, 0.3) is 0 Å². The molecule has 0 spiro atoms. The summed E-state index contributed by atoms with van der Waals surface area (Å²) in [5.74, 6) is -1.85. The Bertz CT molecular complexity index is 637. The SMILES string of the molecule is Nc1nc2c(OCC(F)(F)F)ccc(C(=O)O)n2n1. The highest BCUT2D eigenvalue weighted by molar-refractivity contribution is 5.87. The third-order valence-corrected chi connectivity index (χ3v) is 2.08. The van der Waals surface area contributed by atoms with Crippen molar-refractivity contribution in [3.8, 4) is 5.75 Å². The highest BCUT2D eigenvalue weighted by atomic mass is 19.4. The largest absolute Gasteiger partial charge is 0.480 e. The first-order chi connectivity index (χ1) is 8.78. The van der Waals surface area contributed by atoms with E-state index < -0.39 is 18.8 Å². The van der Waals surface area contributed by atoms with Crippen molar-refractivity contribution in [2.24, 2.45) is 0 Å². The predicted molar refractivity (Wildman–Crippen MR) is 55.9 cm³/mol. The molecule has 19 heavy (non-hydrogen) atoms. The number of pyridine rings is 1. The van der Waals surface area contributed by atoms with Gasteiger partial charge in [0.1, 0.15) is 0 Å². The van der Waals surface area contributed by atoms with Crippen LogP contribution < -0.4 is 10.5 Å². The Kier molecular flexibility index (Phi) is 2.92. The third kappa shape index (κ3) is 2.67. The molecule has 0 saturated carbocycles. The number of nitrogens with two attached hydrogens (primary N) is 1. The highest BCUT2D eigenvalue weighted by Crippen LogP contribution is 2.23. The Labute approximate surface area is 103 Å². The molecule has 0 unspecified atom stereocenters. The molecule has 2 heterocycles. The number of rotatable bonds is 3. The van der Waals surface area contributed by atoms with E-state index in [9.17, 15) is 18.0 Å². The summed E-state index contributed by atoms with van der Waals surface area (Å²) in [6.45, 7) is -1.53. The Morgan fingerprint density at radius 2 is 2.16 bits per heavy atom. The topological polar surface area (TPSA) is 103 Å². The van der Waals surface area contributed by atoms with Crippen molar-refractivity contribution in [1.29, 1.82) is 0 Å². The number of carbonyl (C=O) groups is 1. The number of hydrogen-bond acceptors (Lipinski definition) is 5. The van der Waals surface area contributed by atoms with Crippen LogP contribution in [0.4, 0.5) is 19.1 Å². The van der Waals surface area contributed by atoms with Crippen molar-refractivity contribution in [3.05, 3.63) is 17.8 Å². The van der Waals surface area contributed by atoms with Crippen LogP contribution in [0.5, 0.6) is 5.75 Å². The summed E-state index contributed by atoms with van der Waals surface area (Å²) in [4.78, 5) is 14.5. The summed E-state index contributed by atoms with van der Waals surface area (Å²) in [5.41, 5.74) is 4.81. The highest BCUT2D eigenvalue weighted by Gasteiger charge is 2.29. The second-order valence-corrected chi connectivity index (χ2v) is 3.50. The molecule has 7 nitrogen and oxygen atoms in total. The van der Waals surface area contributed by atoms with Crippen LogP contribution >= 0.6 is 0 Å². The smallest absolute Gasteiger partial charge is 0.422 e. The fourth-order valence-corrected chi connectivity index (χ4v) is 1.39. The molecule has 0 aliphatic carbocycles. The van der Waals surface area contributed by atoms with Crippen LogP contribution in [-0.4, -0.2) is 38.5 Å². The number of anilines is 1. The summed E-state index contributed by atoms with van der Waals surface area (Å²) >= 11 is 0. The fraction of sp³-hybridized carbons (Fsp3) is 0.222. The van der Waals surface area contributed by atoms with E-state index in [4.69, 9.17) is 10.8 Å². The van der Waals surface area contributed by atoms with Crippen molar-refractivity contribution < 1.29 is 27.8 Å². The van der Waals surface area contributed by atoms with Crippen LogP contribution in [0.1, 0.15) is 10.5 Å². The number of aromatic nitrogens is 3. The predicted octanol–water partition coefficient (Wildman–Crippen LogP) is 0.951. The molecule has 0 aromatic carbocycles. The van der Waals surface area contributed by atoms with E-state index in [1.165, 1.54) is 0 Å². The van der Waals surface area contributed by atoms with Crippen molar-refractivity contribution >= 4 is 17.6 Å². The van der Waals surface area contributed by atoms with E-state index in [1.807, 2.05) is 0 Å². The molecule has 102 valence electrons. The zero-order chi connectivity index (χ0) is 14.2. The van der Waals surface area contributed by atoms with Gasteiger partial charge in [0.15, 0.2) is 18.1 Å². The third-order valence-electron chi connectivity index (χ3n) is 2.08. The molecule has 0 fully saturated rings. The molecule has 0 radical (unpaired) electrons. The molecule has 2 aromatic rings. The van der Waals surface area contributed by atoms with E-state index in [2.05, 4.69) is 14.8 Å². The minimum Gasteiger partial charge on any atom is -0.480 e. The number of alkyl halides is 3. The molecule has 0 bridgehead atoms. The van der Waals surface area contributed by atoms with Crippen molar-refractivity contribution in [3.63, 3.8) is 0 Å². The van der Waals surface area contributed by atoms with Gasteiger partial charge in [-0.15, -0.1) is 5.10 Å². The number of aromatic carboxylic acids is 1. The number of fused-ring (bicyclic) bond motifs is 1. The number of ether oxygens (including phenoxy) is 1. The van der Waals surface area contributed by atoms with Crippen LogP contribution in [-0.2, 0) is 0 Å². The lowest BCUT2D eigenvalue weighted by atomic mass is 10.3.